The third kappa shape index (κ3) is 4.15. The summed E-state index contributed by atoms with van der Waals surface area (Å²) in [6, 6.07) is 23.8. The molecular formula is C28H23NO3. The SMILES string of the molecule is O=C(NCC#Cc1ccc(C(=O)C2CC2)cc1)OCC1c2ccccc2-c2ccccc21. The van der Waals surface area contributed by atoms with Gasteiger partial charge in [-0.05, 0) is 47.2 Å². The van der Waals surface area contributed by atoms with Crippen LogP contribution in [0.4, 0.5) is 4.79 Å². The van der Waals surface area contributed by atoms with Gasteiger partial charge < -0.3 is 10.1 Å². The Labute approximate surface area is 187 Å². The lowest BCUT2D eigenvalue weighted by atomic mass is 9.98. The van der Waals surface area contributed by atoms with Crippen molar-refractivity contribution in [3.63, 3.8) is 0 Å². The van der Waals surface area contributed by atoms with Crippen LogP contribution >= 0.6 is 0 Å². The number of nitrogens with one attached hydrogen (secondary N) is 1. The molecule has 4 nitrogen and oxygen atoms in total. The number of Topliss-reactive ketones (excluding diaryl/α,β-unsaturated/α-hetero) is 1. The molecule has 1 fully saturated rings. The Hall–Kier alpha value is -3.84. The highest BCUT2D eigenvalue weighted by molar-refractivity contribution is 5.99. The zero-order valence-electron chi connectivity index (χ0n) is 17.6. The van der Waals surface area contributed by atoms with E-state index in [-0.39, 0.29) is 30.8 Å². The van der Waals surface area contributed by atoms with E-state index in [4.69, 9.17) is 4.74 Å². The smallest absolute Gasteiger partial charge is 0.407 e. The van der Waals surface area contributed by atoms with Crippen LogP contribution in [-0.4, -0.2) is 25.0 Å². The number of hydrogen-bond acceptors (Lipinski definition) is 3. The van der Waals surface area contributed by atoms with Crippen molar-refractivity contribution < 1.29 is 14.3 Å². The molecule has 0 unspecified atom stereocenters. The van der Waals surface area contributed by atoms with Gasteiger partial charge in [0.2, 0.25) is 0 Å². The fourth-order valence-corrected chi connectivity index (χ4v) is 4.21. The Morgan fingerprint density at radius 2 is 1.50 bits per heavy atom. The molecule has 0 heterocycles. The summed E-state index contributed by atoms with van der Waals surface area (Å²) < 4.78 is 5.51. The van der Waals surface area contributed by atoms with Crippen LogP contribution in [0.1, 0.15) is 45.8 Å². The molecule has 2 aliphatic rings. The number of hydrogen-bond donors (Lipinski definition) is 1. The predicted octanol–water partition coefficient (Wildman–Crippen LogP) is 5.17. The Morgan fingerprint density at radius 1 is 0.875 bits per heavy atom. The fraction of sp³-hybridized carbons (Fsp3) is 0.214. The number of rotatable bonds is 5. The number of carbonyl (C=O) groups is 2. The lowest BCUT2D eigenvalue weighted by Crippen LogP contribution is -2.26. The quantitative estimate of drug-likeness (QED) is 0.457. The largest absolute Gasteiger partial charge is 0.449 e. The van der Waals surface area contributed by atoms with Crippen molar-refractivity contribution in [2.24, 2.45) is 5.92 Å². The highest BCUT2D eigenvalue weighted by Gasteiger charge is 2.30. The monoisotopic (exact) mass is 421 g/mol. The minimum atomic E-state index is -0.480. The van der Waals surface area contributed by atoms with Crippen LogP contribution in [0.25, 0.3) is 11.1 Å². The van der Waals surface area contributed by atoms with Gasteiger partial charge in [0.25, 0.3) is 0 Å². The summed E-state index contributed by atoms with van der Waals surface area (Å²) in [7, 11) is 0. The van der Waals surface area contributed by atoms with E-state index in [1.54, 1.807) is 0 Å². The van der Waals surface area contributed by atoms with Gasteiger partial charge in [-0.2, -0.15) is 0 Å². The molecule has 0 radical (unpaired) electrons. The molecule has 0 aliphatic heterocycles. The molecule has 0 atom stereocenters. The third-order valence-electron chi connectivity index (χ3n) is 6.02. The van der Waals surface area contributed by atoms with Gasteiger partial charge in [-0.25, -0.2) is 4.79 Å². The molecular weight excluding hydrogens is 398 g/mol. The highest BCUT2D eigenvalue weighted by Crippen LogP contribution is 2.44. The molecule has 3 aromatic rings. The van der Waals surface area contributed by atoms with Gasteiger partial charge in [-0.15, -0.1) is 0 Å². The van der Waals surface area contributed by atoms with Crippen molar-refractivity contribution in [3.8, 4) is 23.0 Å². The summed E-state index contributed by atoms with van der Waals surface area (Å²) in [6.45, 7) is 0.475. The maximum Gasteiger partial charge on any atom is 0.407 e. The third-order valence-corrected chi connectivity index (χ3v) is 6.02. The number of benzene rings is 3. The number of alkyl carbamates (subject to hydrolysis) is 1. The van der Waals surface area contributed by atoms with E-state index in [1.807, 2.05) is 48.5 Å². The molecule has 0 spiro atoms. The molecule has 0 bridgehead atoms. The minimum absolute atomic E-state index is 0.0381. The van der Waals surface area contributed by atoms with Crippen molar-refractivity contribution in [1.82, 2.24) is 5.32 Å². The van der Waals surface area contributed by atoms with E-state index >= 15 is 0 Å². The fourth-order valence-electron chi connectivity index (χ4n) is 4.21. The van der Waals surface area contributed by atoms with Gasteiger partial charge in [-0.1, -0.05) is 72.5 Å². The second-order valence-electron chi connectivity index (χ2n) is 8.20. The summed E-state index contributed by atoms with van der Waals surface area (Å²) >= 11 is 0. The Balaban J connectivity index is 1.14. The van der Waals surface area contributed by atoms with Crippen molar-refractivity contribution >= 4 is 11.9 Å². The van der Waals surface area contributed by atoms with Crippen LogP contribution in [0, 0.1) is 17.8 Å². The van der Waals surface area contributed by atoms with Crippen LogP contribution in [0.15, 0.2) is 72.8 Å². The van der Waals surface area contributed by atoms with Gasteiger partial charge in [0.05, 0.1) is 6.54 Å². The average molecular weight is 421 g/mol. The molecule has 2 aliphatic carbocycles. The Morgan fingerprint density at radius 3 is 2.12 bits per heavy atom. The minimum Gasteiger partial charge on any atom is -0.449 e. The molecule has 3 aromatic carbocycles. The van der Waals surface area contributed by atoms with Crippen molar-refractivity contribution in [2.75, 3.05) is 13.2 Å². The molecule has 1 amide bonds. The van der Waals surface area contributed by atoms with Crippen LogP contribution in [0.5, 0.6) is 0 Å². The molecule has 1 saturated carbocycles. The van der Waals surface area contributed by atoms with Gasteiger partial charge in [0.1, 0.15) is 6.61 Å². The predicted molar refractivity (Wildman–Crippen MR) is 123 cm³/mol. The standard InChI is InChI=1S/C28H23NO3/c30-27(21-15-16-21)20-13-11-19(12-14-20)6-5-17-29-28(31)32-18-26-24-9-3-1-7-22(24)23-8-2-4-10-25(23)26/h1-4,7-14,21,26H,15-18H2,(H,29,31). The van der Waals surface area contributed by atoms with Crippen LogP contribution in [0.2, 0.25) is 0 Å². The first-order valence-corrected chi connectivity index (χ1v) is 10.9. The molecule has 32 heavy (non-hydrogen) atoms. The summed E-state index contributed by atoms with van der Waals surface area (Å²) in [6.07, 6.45) is 1.52. The molecule has 5 rings (SSSR count). The number of fused-ring (bicyclic) bond motifs is 3. The second kappa shape index (κ2) is 8.72. The van der Waals surface area contributed by atoms with E-state index < -0.39 is 6.09 Å². The van der Waals surface area contributed by atoms with Gasteiger partial charge in [0, 0.05) is 23.0 Å². The van der Waals surface area contributed by atoms with Crippen molar-refractivity contribution in [3.05, 3.63) is 95.1 Å². The van der Waals surface area contributed by atoms with Gasteiger partial charge >= 0.3 is 6.09 Å². The average Bonchev–Trinajstić information content (AvgIpc) is 3.63. The van der Waals surface area contributed by atoms with Crippen LogP contribution < -0.4 is 5.32 Å². The second-order valence-corrected chi connectivity index (χ2v) is 8.20. The number of amides is 1. The number of carbonyl (C=O) groups excluding carboxylic acids is 2. The first-order chi connectivity index (χ1) is 15.7. The van der Waals surface area contributed by atoms with E-state index in [2.05, 4.69) is 41.4 Å². The molecule has 0 saturated heterocycles. The summed E-state index contributed by atoms with van der Waals surface area (Å²) in [5.74, 6) is 6.41. The van der Waals surface area contributed by atoms with E-state index in [0.29, 0.717) is 0 Å². The van der Waals surface area contributed by atoms with Crippen LogP contribution in [-0.2, 0) is 4.74 Å². The zero-order valence-corrected chi connectivity index (χ0v) is 17.6. The summed E-state index contributed by atoms with van der Waals surface area (Å²) in [5, 5.41) is 2.69. The number of ketones is 1. The Bertz CT molecular complexity index is 1180. The topological polar surface area (TPSA) is 55.4 Å². The van der Waals surface area contributed by atoms with E-state index in [9.17, 15) is 9.59 Å². The maximum atomic E-state index is 12.2. The van der Waals surface area contributed by atoms with E-state index in [1.165, 1.54) is 22.3 Å². The molecule has 158 valence electrons. The molecule has 0 aromatic heterocycles. The number of ether oxygens (including phenoxy) is 1. The first-order valence-electron chi connectivity index (χ1n) is 10.9. The van der Waals surface area contributed by atoms with Gasteiger partial charge in [0.15, 0.2) is 5.78 Å². The summed E-state index contributed by atoms with van der Waals surface area (Å²) in [4.78, 5) is 24.2. The van der Waals surface area contributed by atoms with Gasteiger partial charge in [-0.3, -0.25) is 4.79 Å². The lowest BCUT2D eigenvalue weighted by molar-refractivity contribution is 0.0967. The van der Waals surface area contributed by atoms with E-state index in [0.717, 1.165) is 24.0 Å². The highest BCUT2D eigenvalue weighted by atomic mass is 16.5. The maximum absolute atomic E-state index is 12.2. The zero-order chi connectivity index (χ0) is 21.9. The van der Waals surface area contributed by atoms with Crippen LogP contribution in [0.3, 0.4) is 0 Å². The van der Waals surface area contributed by atoms with Crippen molar-refractivity contribution in [1.29, 1.82) is 0 Å². The summed E-state index contributed by atoms with van der Waals surface area (Å²) in [5.41, 5.74) is 6.33. The van der Waals surface area contributed by atoms with Crippen molar-refractivity contribution in [2.45, 2.75) is 18.8 Å². The first kappa shape index (κ1) is 20.1. The molecule has 1 N–H and O–H groups in total. The Kier molecular flexibility index (Phi) is 5.47. The normalized spacial score (nSPS) is 14.0. The lowest BCUT2D eigenvalue weighted by Gasteiger charge is -2.14. The molecule has 4 heteroatoms.